The maximum Gasteiger partial charge on any atom is 0.228 e. The largest absolute Gasteiger partial charge is 0.491 e. The van der Waals surface area contributed by atoms with Gasteiger partial charge in [-0.05, 0) is 42.0 Å². The molecule has 2 aliphatic heterocycles. The number of hydrogen-bond donors (Lipinski definition) is 2. The average molecular weight is 436 g/mol. The Morgan fingerprint density at radius 3 is 2.62 bits per heavy atom. The van der Waals surface area contributed by atoms with Crippen molar-refractivity contribution >= 4 is 40.5 Å². The number of halogens is 2. The van der Waals surface area contributed by atoms with Crippen LogP contribution >= 0.6 is 23.2 Å². The summed E-state index contributed by atoms with van der Waals surface area (Å²) < 4.78 is 5.73. The molecule has 2 aromatic rings. The number of fused-ring (bicyclic) bond motifs is 1. The molecule has 0 spiro atoms. The quantitative estimate of drug-likeness (QED) is 0.729. The number of amides is 1. The van der Waals surface area contributed by atoms with Crippen LogP contribution in [0.3, 0.4) is 0 Å². The van der Waals surface area contributed by atoms with E-state index < -0.39 is 6.10 Å². The van der Waals surface area contributed by atoms with Crippen LogP contribution < -0.4 is 15.0 Å². The summed E-state index contributed by atoms with van der Waals surface area (Å²) in [6.07, 6.45) is -0.211. The molecule has 1 fully saturated rings. The number of β-amino-alcohol motifs (C(OH)–C–C–N with tert-alkyl or cyclic N) is 1. The molecule has 4 rings (SSSR count). The Morgan fingerprint density at radius 1 is 1.07 bits per heavy atom. The Labute approximate surface area is 180 Å². The molecule has 1 atom stereocenters. The maximum atomic E-state index is 11.4. The fourth-order valence-electron chi connectivity index (χ4n) is 3.71. The number of nitrogens with zero attached hydrogens (tertiary/aromatic N) is 2. The maximum absolute atomic E-state index is 11.4. The van der Waals surface area contributed by atoms with Gasteiger partial charge < -0.3 is 20.1 Å². The molecule has 0 saturated carbocycles. The van der Waals surface area contributed by atoms with E-state index in [9.17, 15) is 9.90 Å². The van der Waals surface area contributed by atoms with Crippen molar-refractivity contribution in [1.82, 2.24) is 4.90 Å². The number of anilines is 2. The monoisotopic (exact) mass is 435 g/mol. The zero-order valence-electron chi connectivity index (χ0n) is 15.9. The number of ether oxygens (including phenoxy) is 1. The van der Waals surface area contributed by atoms with Gasteiger partial charge in [0, 0.05) is 44.1 Å². The molecule has 2 aromatic carbocycles. The van der Waals surface area contributed by atoms with Crippen molar-refractivity contribution in [3.63, 3.8) is 0 Å². The minimum absolute atomic E-state index is 0.00259. The van der Waals surface area contributed by atoms with Crippen LogP contribution in [-0.2, 0) is 11.2 Å². The summed E-state index contributed by atoms with van der Waals surface area (Å²) in [7, 11) is 0. The zero-order valence-corrected chi connectivity index (χ0v) is 17.4. The third-order valence-corrected chi connectivity index (χ3v) is 5.99. The van der Waals surface area contributed by atoms with E-state index in [2.05, 4.69) is 15.1 Å². The molecule has 2 aliphatic rings. The van der Waals surface area contributed by atoms with E-state index in [4.69, 9.17) is 27.9 Å². The van der Waals surface area contributed by atoms with E-state index in [1.807, 2.05) is 36.4 Å². The summed E-state index contributed by atoms with van der Waals surface area (Å²) in [5, 5.41) is 14.3. The summed E-state index contributed by atoms with van der Waals surface area (Å²) in [5.41, 5.74) is 2.83. The highest BCUT2D eigenvalue weighted by molar-refractivity contribution is 6.42. The van der Waals surface area contributed by atoms with Crippen LogP contribution in [0.4, 0.5) is 11.4 Å². The molecule has 2 heterocycles. The lowest BCUT2D eigenvalue weighted by molar-refractivity contribution is -0.115. The number of hydrogen-bond acceptors (Lipinski definition) is 5. The van der Waals surface area contributed by atoms with E-state index in [1.54, 1.807) is 0 Å². The fraction of sp³-hybridized carbons (Fsp3) is 0.381. The molecule has 0 bridgehead atoms. The Hall–Kier alpha value is -1.99. The van der Waals surface area contributed by atoms with Gasteiger partial charge in [-0.1, -0.05) is 23.2 Å². The number of carbonyl (C=O) groups is 1. The second-order valence-electron chi connectivity index (χ2n) is 7.39. The van der Waals surface area contributed by atoms with Crippen LogP contribution in [0.5, 0.6) is 5.75 Å². The van der Waals surface area contributed by atoms with Crippen LogP contribution in [0.1, 0.15) is 5.56 Å². The van der Waals surface area contributed by atoms with E-state index in [0.717, 1.165) is 43.1 Å². The molecule has 8 heteroatoms. The SMILES string of the molecule is O=C1Cc2cc(OCC(O)CN3CCN(c4ccc(Cl)c(Cl)c4)CC3)ccc2N1. The van der Waals surface area contributed by atoms with Gasteiger partial charge in [-0.25, -0.2) is 0 Å². The van der Waals surface area contributed by atoms with Gasteiger partial charge >= 0.3 is 0 Å². The number of piperazine rings is 1. The second-order valence-corrected chi connectivity index (χ2v) is 8.21. The zero-order chi connectivity index (χ0) is 20.4. The lowest BCUT2D eigenvalue weighted by Gasteiger charge is -2.37. The first-order chi connectivity index (χ1) is 14.0. The van der Waals surface area contributed by atoms with Gasteiger partial charge in [0.05, 0.1) is 16.5 Å². The van der Waals surface area contributed by atoms with Gasteiger partial charge in [0.25, 0.3) is 0 Å². The number of carbonyl (C=O) groups excluding carboxylic acids is 1. The van der Waals surface area contributed by atoms with Gasteiger partial charge in [-0.3, -0.25) is 9.69 Å². The molecule has 2 N–H and O–H groups in total. The van der Waals surface area contributed by atoms with E-state index >= 15 is 0 Å². The molecule has 1 saturated heterocycles. The highest BCUT2D eigenvalue weighted by Gasteiger charge is 2.21. The minimum Gasteiger partial charge on any atom is -0.491 e. The van der Waals surface area contributed by atoms with Gasteiger partial charge in [-0.2, -0.15) is 0 Å². The summed E-state index contributed by atoms with van der Waals surface area (Å²) in [6.45, 7) is 4.19. The third-order valence-electron chi connectivity index (χ3n) is 5.25. The van der Waals surface area contributed by atoms with Gasteiger partial charge in [0.2, 0.25) is 5.91 Å². The predicted molar refractivity (Wildman–Crippen MR) is 115 cm³/mol. The highest BCUT2D eigenvalue weighted by atomic mass is 35.5. The molecule has 1 amide bonds. The Kier molecular flexibility index (Phi) is 6.15. The van der Waals surface area contributed by atoms with Crippen LogP contribution in [-0.4, -0.2) is 61.3 Å². The van der Waals surface area contributed by atoms with Crippen molar-refractivity contribution in [2.24, 2.45) is 0 Å². The van der Waals surface area contributed by atoms with Crippen molar-refractivity contribution in [3.8, 4) is 5.75 Å². The molecule has 6 nitrogen and oxygen atoms in total. The first-order valence-corrected chi connectivity index (χ1v) is 10.4. The number of nitrogens with one attached hydrogen (secondary N) is 1. The van der Waals surface area contributed by atoms with Crippen molar-refractivity contribution in [3.05, 3.63) is 52.0 Å². The number of rotatable bonds is 6. The third kappa shape index (κ3) is 4.95. The summed E-state index contributed by atoms with van der Waals surface area (Å²) in [4.78, 5) is 15.9. The molecular formula is C21H23Cl2N3O3. The average Bonchev–Trinajstić information content (AvgIpc) is 3.08. The first-order valence-electron chi connectivity index (χ1n) is 9.64. The number of benzene rings is 2. The van der Waals surface area contributed by atoms with Crippen LogP contribution in [0, 0.1) is 0 Å². The number of aliphatic hydroxyl groups excluding tert-OH is 1. The van der Waals surface area contributed by atoms with Gasteiger partial charge in [-0.15, -0.1) is 0 Å². The first kappa shape index (κ1) is 20.3. The van der Waals surface area contributed by atoms with Crippen molar-refractivity contribution in [2.45, 2.75) is 12.5 Å². The van der Waals surface area contributed by atoms with Gasteiger partial charge in [0.1, 0.15) is 18.5 Å². The fourth-order valence-corrected chi connectivity index (χ4v) is 4.00. The molecule has 1 unspecified atom stereocenters. The van der Waals surface area contributed by atoms with E-state index in [0.29, 0.717) is 28.8 Å². The van der Waals surface area contributed by atoms with Crippen LogP contribution in [0.2, 0.25) is 10.0 Å². The minimum atomic E-state index is -0.584. The molecule has 154 valence electrons. The van der Waals surface area contributed by atoms with Crippen LogP contribution in [0.15, 0.2) is 36.4 Å². The normalized spacial score (nSPS) is 17.8. The van der Waals surface area contributed by atoms with Crippen molar-refractivity contribution in [1.29, 1.82) is 0 Å². The van der Waals surface area contributed by atoms with Gasteiger partial charge in [0.15, 0.2) is 0 Å². The Balaban J connectivity index is 1.23. The molecule has 29 heavy (non-hydrogen) atoms. The predicted octanol–water partition coefficient (Wildman–Crippen LogP) is 3.05. The molecular weight excluding hydrogens is 413 g/mol. The van der Waals surface area contributed by atoms with E-state index in [1.165, 1.54) is 0 Å². The molecule has 0 radical (unpaired) electrons. The van der Waals surface area contributed by atoms with Crippen LogP contribution in [0.25, 0.3) is 0 Å². The standard InChI is InChI=1S/C21H23Cl2N3O3/c22-18-3-1-15(11-19(18)23)26-7-5-25(6-8-26)12-16(27)13-29-17-2-4-20-14(9-17)10-21(28)24-20/h1-4,9,11,16,27H,5-8,10,12-13H2,(H,24,28). The topological polar surface area (TPSA) is 65.0 Å². The second kappa shape index (κ2) is 8.79. The smallest absolute Gasteiger partial charge is 0.228 e. The van der Waals surface area contributed by atoms with E-state index in [-0.39, 0.29) is 12.5 Å². The lowest BCUT2D eigenvalue weighted by Crippen LogP contribution is -2.49. The summed E-state index contributed by atoms with van der Waals surface area (Å²) in [6, 6.07) is 11.2. The van der Waals surface area contributed by atoms with Crippen molar-refractivity contribution < 1.29 is 14.6 Å². The molecule has 0 aromatic heterocycles. The Morgan fingerprint density at radius 2 is 1.86 bits per heavy atom. The van der Waals surface area contributed by atoms with Crippen molar-refractivity contribution in [2.75, 3.05) is 49.5 Å². The number of aliphatic hydroxyl groups is 1. The summed E-state index contributed by atoms with van der Waals surface area (Å²) >= 11 is 12.1. The molecule has 0 aliphatic carbocycles. The highest BCUT2D eigenvalue weighted by Crippen LogP contribution is 2.28. The lowest BCUT2D eigenvalue weighted by atomic mass is 10.1. The Bertz CT molecular complexity index is 901. The summed E-state index contributed by atoms with van der Waals surface area (Å²) in [5.74, 6) is 0.668.